The summed E-state index contributed by atoms with van der Waals surface area (Å²) in [7, 11) is 0. The molecule has 0 aliphatic heterocycles. The molecular weight excluding hydrogens is 366 g/mol. The van der Waals surface area contributed by atoms with E-state index in [4.69, 9.17) is 0 Å². The monoisotopic (exact) mass is 387 g/mol. The number of hydrogen-bond acceptors (Lipinski definition) is 5. The average Bonchev–Trinajstić information content (AvgIpc) is 3.26. The minimum atomic E-state index is -0.203. The Bertz CT molecular complexity index is 1190. The largest absolute Gasteiger partial charge is 0.322 e. The third-order valence-corrected chi connectivity index (χ3v) is 4.84. The normalized spacial score (nSPS) is 10.9. The molecule has 0 saturated carbocycles. The van der Waals surface area contributed by atoms with Gasteiger partial charge in [-0.3, -0.25) is 4.79 Å². The second kappa shape index (κ2) is 7.31. The Kier molecular flexibility index (Phi) is 4.67. The van der Waals surface area contributed by atoms with Gasteiger partial charge in [0, 0.05) is 5.69 Å². The first-order valence-electron chi connectivity index (χ1n) is 9.24. The number of carbonyl (C=O) groups is 1. The molecule has 8 nitrogen and oxygen atoms in total. The minimum Gasteiger partial charge on any atom is -0.322 e. The number of anilines is 1. The second-order valence-corrected chi connectivity index (χ2v) is 6.89. The van der Waals surface area contributed by atoms with Crippen molar-refractivity contribution in [2.24, 2.45) is 0 Å². The van der Waals surface area contributed by atoms with E-state index in [1.165, 1.54) is 0 Å². The van der Waals surface area contributed by atoms with Gasteiger partial charge in [-0.1, -0.05) is 24.3 Å². The standard InChI is InChI=1S/C21H21N7O/c1-13-10-11-17(12-19(13)28-16(4)23-25-26-28)22-21(29)20-14(2)24-27(15(20)3)18-8-6-5-7-9-18/h5-12H,1-4H3,(H,22,29). The Hall–Kier alpha value is -3.81. The fraction of sp³-hybridized carbons (Fsp3) is 0.190. The number of tetrazole rings is 1. The topological polar surface area (TPSA) is 90.5 Å². The molecule has 2 heterocycles. The Labute approximate surface area is 168 Å². The van der Waals surface area contributed by atoms with Gasteiger partial charge in [0.25, 0.3) is 5.91 Å². The molecule has 0 spiro atoms. The van der Waals surface area contributed by atoms with E-state index in [0.717, 1.165) is 22.6 Å². The van der Waals surface area contributed by atoms with E-state index in [1.54, 1.807) is 9.36 Å². The van der Waals surface area contributed by atoms with Crippen LogP contribution in [0.2, 0.25) is 0 Å². The number of aryl methyl sites for hydroxylation is 3. The molecule has 0 aliphatic rings. The first-order valence-corrected chi connectivity index (χ1v) is 9.24. The van der Waals surface area contributed by atoms with Gasteiger partial charge in [0.05, 0.1) is 28.3 Å². The van der Waals surface area contributed by atoms with E-state index >= 15 is 0 Å². The molecule has 4 rings (SSSR count). The fourth-order valence-electron chi connectivity index (χ4n) is 3.36. The zero-order chi connectivity index (χ0) is 20.5. The Morgan fingerprint density at radius 2 is 1.72 bits per heavy atom. The number of para-hydroxylation sites is 1. The van der Waals surface area contributed by atoms with Gasteiger partial charge in [-0.15, -0.1) is 5.10 Å². The molecule has 0 unspecified atom stereocenters. The molecule has 29 heavy (non-hydrogen) atoms. The first-order chi connectivity index (χ1) is 14.0. The van der Waals surface area contributed by atoms with Crippen LogP contribution in [-0.4, -0.2) is 35.9 Å². The lowest BCUT2D eigenvalue weighted by molar-refractivity contribution is 0.102. The highest BCUT2D eigenvalue weighted by Crippen LogP contribution is 2.22. The van der Waals surface area contributed by atoms with Crippen molar-refractivity contribution >= 4 is 11.6 Å². The number of carbonyl (C=O) groups excluding carboxylic acids is 1. The van der Waals surface area contributed by atoms with Crippen LogP contribution < -0.4 is 5.32 Å². The summed E-state index contributed by atoms with van der Waals surface area (Å²) in [4.78, 5) is 13.0. The maximum Gasteiger partial charge on any atom is 0.259 e. The average molecular weight is 387 g/mol. The molecule has 1 N–H and O–H groups in total. The van der Waals surface area contributed by atoms with E-state index in [0.29, 0.717) is 22.8 Å². The van der Waals surface area contributed by atoms with Gasteiger partial charge in [0.2, 0.25) is 0 Å². The lowest BCUT2D eigenvalue weighted by Crippen LogP contribution is -2.15. The summed E-state index contributed by atoms with van der Waals surface area (Å²) in [5.41, 5.74) is 5.43. The van der Waals surface area contributed by atoms with Crippen LogP contribution in [0, 0.1) is 27.7 Å². The van der Waals surface area contributed by atoms with Crippen molar-refractivity contribution in [2.45, 2.75) is 27.7 Å². The SMILES string of the molecule is Cc1ccc(NC(=O)c2c(C)nn(-c3ccccc3)c2C)cc1-n1nnnc1C. The van der Waals surface area contributed by atoms with E-state index in [9.17, 15) is 4.79 Å². The Balaban J connectivity index is 1.66. The van der Waals surface area contributed by atoms with Crippen LogP contribution in [-0.2, 0) is 0 Å². The summed E-state index contributed by atoms with van der Waals surface area (Å²) >= 11 is 0. The molecular formula is C21H21N7O. The lowest BCUT2D eigenvalue weighted by Gasteiger charge is -2.11. The lowest BCUT2D eigenvalue weighted by atomic mass is 10.1. The molecule has 1 amide bonds. The van der Waals surface area contributed by atoms with Gasteiger partial charge >= 0.3 is 0 Å². The van der Waals surface area contributed by atoms with Crippen molar-refractivity contribution in [3.8, 4) is 11.4 Å². The highest BCUT2D eigenvalue weighted by Gasteiger charge is 2.20. The van der Waals surface area contributed by atoms with Crippen LogP contribution in [0.3, 0.4) is 0 Å². The zero-order valence-electron chi connectivity index (χ0n) is 16.7. The van der Waals surface area contributed by atoms with Gasteiger partial charge in [0.1, 0.15) is 0 Å². The van der Waals surface area contributed by atoms with Gasteiger partial charge in [0.15, 0.2) is 5.82 Å². The molecule has 0 fully saturated rings. The molecule has 0 saturated heterocycles. The van der Waals surface area contributed by atoms with Crippen LogP contribution in [0.1, 0.15) is 33.1 Å². The zero-order valence-corrected chi connectivity index (χ0v) is 16.7. The molecule has 4 aromatic rings. The molecule has 0 radical (unpaired) electrons. The maximum atomic E-state index is 13.0. The maximum absolute atomic E-state index is 13.0. The summed E-state index contributed by atoms with van der Waals surface area (Å²) in [6.45, 7) is 7.54. The fourth-order valence-corrected chi connectivity index (χ4v) is 3.36. The van der Waals surface area contributed by atoms with Crippen LogP contribution in [0.5, 0.6) is 0 Å². The van der Waals surface area contributed by atoms with Gasteiger partial charge in [-0.2, -0.15) is 9.78 Å². The summed E-state index contributed by atoms with van der Waals surface area (Å²) in [6, 6.07) is 15.4. The summed E-state index contributed by atoms with van der Waals surface area (Å²) < 4.78 is 3.43. The van der Waals surface area contributed by atoms with Crippen molar-refractivity contribution in [1.29, 1.82) is 0 Å². The minimum absolute atomic E-state index is 0.203. The van der Waals surface area contributed by atoms with Crippen molar-refractivity contribution in [2.75, 3.05) is 5.32 Å². The van der Waals surface area contributed by atoms with Crippen LogP contribution in [0.15, 0.2) is 48.5 Å². The summed E-state index contributed by atoms with van der Waals surface area (Å²) in [6.07, 6.45) is 0. The molecule has 146 valence electrons. The quantitative estimate of drug-likeness (QED) is 0.580. The Morgan fingerprint density at radius 3 is 2.41 bits per heavy atom. The second-order valence-electron chi connectivity index (χ2n) is 6.89. The molecule has 0 bridgehead atoms. The van der Waals surface area contributed by atoms with Crippen molar-refractivity contribution in [3.63, 3.8) is 0 Å². The highest BCUT2D eigenvalue weighted by molar-refractivity contribution is 6.06. The molecule has 0 atom stereocenters. The summed E-state index contributed by atoms with van der Waals surface area (Å²) in [5.74, 6) is 0.470. The van der Waals surface area contributed by atoms with Crippen LogP contribution in [0.4, 0.5) is 5.69 Å². The van der Waals surface area contributed by atoms with Crippen molar-refractivity contribution in [3.05, 3.63) is 76.9 Å². The molecule has 2 aromatic carbocycles. The van der Waals surface area contributed by atoms with Crippen LogP contribution >= 0.6 is 0 Å². The van der Waals surface area contributed by atoms with E-state index in [1.807, 2.05) is 76.2 Å². The highest BCUT2D eigenvalue weighted by atomic mass is 16.1. The number of amides is 1. The van der Waals surface area contributed by atoms with Gasteiger partial charge < -0.3 is 5.32 Å². The van der Waals surface area contributed by atoms with Gasteiger partial charge in [-0.25, -0.2) is 4.68 Å². The van der Waals surface area contributed by atoms with E-state index in [2.05, 4.69) is 25.9 Å². The van der Waals surface area contributed by atoms with Gasteiger partial charge in [-0.05, 0) is 68.0 Å². The number of nitrogens with one attached hydrogen (secondary N) is 1. The third-order valence-electron chi connectivity index (χ3n) is 4.84. The number of aromatic nitrogens is 6. The smallest absolute Gasteiger partial charge is 0.259 e. The number of nitrogens with zero attached hydrogens (tertiary/aromatic N) is 6. The van der Waals surface area contributed by atoms with E-state index < -0.39 is 0 Å². The molecule has 8 heteroatoms. The summed E-state index contributed by atoms with van der Waals surface area (Å²) in [5, 5.41) is 19.2. The number of rotatable bonds is 4. The van der Waals surface area contributed by atoms with Crippen molar-refractivity contribution < 1.29 is 4.79 Å². The number of benzene rings is 2. The predicted molar refractivity (Wildman–Crippen MR) is 110 cm³/mol. The first kappa shape index (κ1) is 18.5. The predicted octanol–water partition coefficient (Wildman–Crippen LogP) is 3.33. The Morgan fingerprint density at radius 1 is 0.966 bits per heavy atom. The number of hydrogen-bond donors (Lipinski definition) is 1. The molecule has 0 aliphatic carbocycles. The van der Waals surface area contributed by atoms with Crippen LogP contribution in [0.25, 0.3) is 11.4 Å². The third kappa shape index (κ3) is 3.40. The van der Waals surface area contributed by atoms with Crippen molar-refractivity contribution in [1.82, 2.24) is 30.0 Å². The molecule has 2 aromatic heterocycles. The van der Waals surface area contributed by atoms with E-state index in [-0.39, 0.29) is 5.91 Å².